The first-order valence-electron chi connectivity index (χ1n) is 6.46. The van der Waals surface area contributed by atoms with Crippen molar-refractivity contribution in [3.63, 3.8) is 0 Å². The topological polar surface area (TPSA) is 74.7 Å². The summed E-state index contributed by atoms with van der Waals surface area (Å²) in [6, 6.07) is 1.67. The Labute approximate surface area is 127 Å². The molecule has 1 saturated heterocycles. The summed E-state index contributed by atoms with van der Waals surface area (Å²) in [5.74, 6) is -2.31. The Morgan fingerprint density at radius 3 is 2.71 bits per heavy atom. The van der Waals surface area contributed by atoms with Crippen LogP contribution in [-0.2, 0) is 10.0 Å². The minimum Gasteiger partial charge on any atom is -0.478 e. The molecule has 2 rings (SSSR count). The summed E-state index contributed by atoms with van der Waals surface area (Å²) in [5, 5.41) is 8.38. The number of aromatic carboxylic acids is 1. The highest BCUT2D eigenvalue weighted by molar-refractivity contribution is 7.89. The molecule has 1 unspecified atom stereocenters. The second-order valence-corrected chi connectivity index (χ2v) is 7.50. The minimum absolute atomic E-state index is 0.213. The van der Waals surface area contributed by atoms with Crippen molar-refractivity contribution in [3.8, 4) is 0 Å². The molecule has 1 aliphatic heterocycles. The highest BCUT2D eigenvalue weighted by atomic mass is 35.5. The number of carboxylic acids is 1. The monoisotopic (exact) mass is 335 g/mol. The summed E-state index contributed by atoms with van der Waals surface area (Å²) in [7, 11) is -3.92. The number of hydrogen-bond donors (Lipinski definition) is 1. The van der Waals surface area contributed by atoms with Crippen molar-refractivity contribution in [2.45, 2.75) is 24.7 Å². The lowest BCUT2D eigenvalue weighted by Crippen LogP contribution is -2.39. The molecule has 1 atom stereocenters. The van der Waals surface area contributed by atoms with Gasteiger partial charge in [-0.3, -0.25) is 0 Å². The van der Waals surface area contributed by atoms with Crippen LogP contribution in [0.25, 0.3) is 0 Å². The molecule has 0 amide bonds. The van der Waals surface area contributed by atoms with Crippen molar-refractivity contribution in [1.29, 1.82) is 0 Å². The molecule has 1 aromatic carbocycles. The van der Waals surface area contributed by atoms with E-state index in [1.54, 1.807) is 0 Å². The number of halogens is 2. The molecule has 0 aromatic heterocycles. The van der Waals surface area contributed by atoms with Crippen LogP contribution >= 0.6 is 11.6 Å². The van der Waals surface area contributed by atoms with Gasteiger partial charge >= 0.3 is 5.97 Å². The van der Waals surface area contributed by atoms with Gasteiger partial charge in [0.25, 0.3) is 0 Å². The fraction of sp³-hybridized carbons (Fsp3) is 0.462. The first-order valence-corrected chi connectivity index (χ1v) is 8.27. The van der Waals surface area contributed by atoms with E-state index in [1.165, 1.54) is 4.31 Å². The Bertz CT molecular complexity index is 677. The van der Waals surface area contributed by atoms with Gasteiger partial charge in [-0.05, 0) is 30.9 Å². The van der Waals surface area contributed by atoms with Crippen molar-refractivity contribution in [1.82, 2.24) is 4.31 Å². The van der Waals surface area contributed by atoms with Gasteiger partial charge in [0.15, 0.2) is 0 Å². The van der Waals surface area contributed by atoms with E-state index in [-0.39, 0.29) is 10.8 Å². The van der Waals surface area contributed by atoms with Crippen LogP contribution in [0.3, 0.4) is 0 Å². The molecule has 116 valence electrons. The molecule has 5 nitrogen and oxygen atoms in total. The Morgan fingerprint density at radius 2 is 2.14 bits per heavy atom. The third kappa shape index (κ3) is 3.20. The molecule has 1 aliphatic rings. The van der Waals surface area contributed by atoms with Crippen LogP contribution in [0.15, 0.2) is 17.0 Å². The molecule has 1 aromatic rings. The second kappa shape index (κ2) is 5.90. The first-order chi connectivity index (χ1) is 9.73. The predicted molar refractivity (Wildman–Crippen MR) is 75.5 cm³/mol. The number of rotatable bonds is 3. The number of benzene rings is 1. The number of nitrogens with zero attached hydrogens (tertiary/aromatic N) is 1. The lowest BCUT2D eigenvalue weighted by molar-refractivity contribution is 0.0696. The Hall–Kier alpha value is -1.18. The van der Waals surface area contributed by atoms with Gasteiger partial charge < -0.3 is 5.11 Å². The van der Waals surface area contributed by atoms with Gasteiger partial charge in [-0.15, -0.1) is 0 Å². The Morgan fingerprint density at radius 1 is 1.48 bits per heavy atom. The standard InChI is InChI=1S/C13H15ClFNO4S/c1-8-3-2-4-16(7-8)21(19,20)9-5-10(13(17)18)12(14)11(15)6-9/h5-6,8H,2-4,7H2,1H3,(H,17,18). The smallest absolute Gasteiger partial charge is 0.337 e. The fourth-order valence-corrected chi connectivity index (χ4v) is 4.21. The Balaban J connectivity index is 2.47. The quantitative estimate of drug-likeness (QED) is 0.921. The van der Waals surface area contributed by atoms with E-state index in [0.29, 0.717) is 13.1 Å². The molecule has 1 fully saturated rings. The van der Waals surface area contributed by atoms with Gasteiger partial charge in [0, 0.05) is 13.1 Å². The number of carbonyl (C=O) groups is 1. The summed E-state index contributed by atoms with van der Waals surface area (Å²) in [6.07, 6.45) is 1.66. The zero-order valence-corrected chi connectivity index (χ0v) is 12.9. The van der Waals surface area contributed by atoms with Crippen molar-refractivity contribution >= 4 is 27.6 Å². The normalized spacial score (nSPS) is 20.4. The fourth-order valence-electron chi connectivity index (χ4n) is 2.38. The van der Waals surface area contributed by atoms with Crippen LogP contribution in [0.1, 0.15) is 30.1 Å². The second-order valence-electron chi connectivity index (χ2n) is 5.18. The SMILES string of the molecule is CC1CCCN(S(=O)(=O)c2cc(F)c(Cl)c(C(=O)O)c2)C1. The highest BCUT2D eigenvalue weighted by Gasteiger charge is 2.30. The molecule has 8 heteroatoms. The van der Waals surface area contributed by atoms with Gasteiger partial charge in [-0.2, -0.15) is 4.31 Å². The Kier molecular flexibility index (Phi) is 4.55. The third-order valence-corrected chi connectivity index (χ3v) is 5.72. The molecule has 0 aliphatic carbocycles. The van der Waals surface area contributed by atoms with Crippen molar-refractivity contribution in [2.75, 3.05) is 13.1 Å². The van der Waals surface area contributed by atoms with E-state index in [2.05, 4.69) is 0 Å². The van der Waals surface area contributed by atoms with Gasteiger partial charge in [-0.25, -0.2) is 17.6 Å². The highest BCUT2D eigenvalue weighted by Crippen LogP contribution is 2.28. The molecule has 0 spiro atoms. The molecule has 0 radical (unpaired) electrons. The number of hydrogen-bond acceptors (Lipinski definition) is 3. The van der Waals surface area contributed by atoms with Crippen LogP contribution in [0.2, 0.25) is 5.02 Å². The third-order valence-electron chi connectivity index (χ3n) is 3.49. The summed E-state index contributed by atoms with van der Waals surface area (Å²) in [4.78, 5) is 10.6. The lowest BCUT2D eigenvalue weighted by Gasteiger charge is -2.30. The predicted octanol–water partition coefficient (Wildman–Crippen LogP) is 2.60. The average Bonchev–Trinajstić information content (AvgIpc) is 2.41. The molecular formula is C13H15ClFNO4S. The summed E-state index contributed by atoms with van der Waals surface area (Å²) in [5.41, 5.74) is -0.555. The van der Waals surface area contributed by atoms with E-state index in [9.17, 15) is 17.6 Å². The summed E-state index contributed by atoms with van der Waals surface area (Å²) < 4.78 is 39.9. The van der Waals surface area contributed by atoms with Crippen LogP contribution in [-0.4, -0.2) is 36.9 Å². The molecule has 21 heavy (non-hydrogen) atoms. The van der Waals surface area contributed by atoms with Gasteiger partial charge in [-0.1, -0.05) is 18.5 Å². The minimum atomic E-state index is -3.92. The largest absolute Gasteiger partial charge is 0.478 e. The van der Waals surface area contributed by atoms with Crippen molar-refractivity contribution in [2.24, 2.45) is 5.92 Å². The zero-order valence-electron chi connectivity index (χ0n) is 11.3. The molecule has 1 N–H and O–H groups in total. The zero-order chi connectivity index (χ0) is 15.8. The van der Waals surface area contributed by atoms with Crippen LogP contribution in [0.4, 0.5) is 4.39 Å². The van der Waals surface area contributed by atoms with Gasteiger partial charge in [0.2, 0.25) is 10.0 Å². The van der Waals surface area contributed by atoms with E-state index in [1.807, 2.05) is 6.92 Å². The lowest BCUT2D eigenvalue weighted by atomic mass is 10.0. The molecule has 0 bridgehead atoms. The number of sulfonamides is 1. The van der Waals surface area contributed by atoms with E-state index >= 15 is 0 Å². The van der Waals surface area contributed by atoms with Gasteiger partial charge in [0.05, 0.1) is 15.5 Å². The maximum atomic E-state index is 13.7. The summed E-state index contributed by atoms with van der Waals surface area (Å²) >= 11 is 5.55. The van der Waals surface area contributed by atoms with Crippen LogP contribution in [0.5, 0.6) is 0 Å². The van der Waals surface area contributed by atoms with E-state index in [0.717, 1.165) is 25.0 Å². The number of carboxylic acid groups (broad SMARTS) is 1. The van der Waals surface area contributed by atoms with Crippen molar-refractivity contribution < 1.29 is 22.7 Å². The van der Waals surface area contributed by atoms with E-state index in [4.69, 9.17) is 16.7 Å². The van der Waals surface area contributed by atoms with Gasteiger partial charge in [0.1, 0.15) is 5.82 Å². The number of piperidine rings is 1. The molecular weight excluding hydrogens is 321 g/mol. The summed E-state index contributed by atoms with van der Waals surface area (Å²) in [6.45, 7) is 2.63. The maximum absolute atomic E-state index is 13.7. The molecule has 1 heterocycles. The van der Waals surface area contributed by atoms with Crippen molar-refractivity contribution in [3.05, 3.63) is 28.5 Å². The maximum Gasteiger partial charge on any atom is 0.337 e. The van der Waals surface area contributed by atoms with Crippen LogP contribution in [0, 0.1) is 11.7 Å². The van der Waals surface area contributed by atoms with E-state index < -0.39 is 32.4 Å². The van der Waals surface area contributed by atoms with Crippen LogP contribution < -0.4 is 0 Å². The molecule has 0 saturated carbocycles. The average molecular weight is 336 g/mol. The first kappa shape index (κ1) is 16.2.